The highest BCUT2D eigenvalue weighted by Gasteiger charge is 2.32. The van der Waals surface area contributed by atoms with Gasteiger partial charge in [-0.25, -0.2) is 19.6 Å². The van der Waals surface area contributed by atoms with E-state index in [2.05, 4.69) is 25.0 Å². The van der Waals surface area contributed by atoms with Gasteiger partial charge >= 0.3 is 0 Å². The molecule has 4 heterocycles. The molecule has 0 aliphatic carbocycles. The highest BCUT2D eigenvalue weighted by molar-refractivity contribution is 5.79. The number of carbonyl (C=O) groups is 1. The van der Waals surface area contributed by atoms with Crippen molar-refractivity contribution in [3.63, 3.8) is 0 Å². The van der Waals surface area contributed by atoms with E-state index in [0.29, 0.717) is 5.91 Å². The van der Waals surface area contributed by atoms with E-state index in [9.17, 15) is 4.79 Å². The minimum Gasteiger partial charge on any atom is -0.341 e. The minimum absolute atomic E-state index is 0.106. The van der Waals surface area contributed by atoms with Crippen molar-refractivity contribution in [3.8, 4) is 0 Å². The summed E-state index contributed by atoms with van der Waals surface area (Å²) in [7, 11) is 0. The largest absolute Gasteiger partial charge is 0.341 e. The average Bonchev–Trinajstić information content (AvgIpc) is 3.23. The van der Waals surface area contributed by atoms with E-state index in [1.807, 2.05) is 15.6 Å². The first-order valence-electron chi connectivity index (χ1n) is 8.96. The van der Waals surface area contributed by atoms with Gasteiger partial charge in [0.15, 0.2) is 0 Å². The Morgan fingerprint density at radius 3 is 2.60 bits per heavy atom. The van der Waals surface area contributed by atoms with E-state index in [-0.39, 0.29) is 12.0 Å². The number of aromatic nitrogens is 5. The number of piperidine rings is 2. The number of nitrogens with zero attached hydrogens (tertiary/aromatic N) is 7. The lowest BCUT2D eigenvalue weighted by atomic mass is 9.94. The summed E-state index contributed by atoms with van der Waals surface area (Å²) in [5.74, 6) is 1.16. The van der Waals surface area contributed by atoms with Crippen molar-refractivity contribution in [2.24, 2.45) is 5.92 Å². The molecule has 2 saturated heterocycles. The van der Waals surface area contributed by atoms with E-state index in [1.54, 1.807) is 25.0 Å². The first-order valence-corrected chi connectivity index (χ1v) is 8.96. The van der Waals surface area contributed by atoms with Crippen molar-refractivity contribution in [1.82, 2.24) is 29.6 Å². The molecule has 0 radical (unpaired) electrons. The maximum Gasteiger partial charge on any atom is 0.225 e. The number of rotatable bonds is 3. The maximum atomic E-state index is 12.9. The summed E-state index contributed by atoms with van der Waals surface area (Å²) in [4.78, 5) is 29.8. The van der Waals surface area contributed by atoms with Crippen LogP contribution in [-0.2, 0) is 4.79 Å². The van der Waals surface area contributed by atoms with Crippen molar-refractivity contribution in [1.29, 1.82) is 0 Å². The Morgan fingerprint density at radius 1 is 1.08 bits per heavy atom. The number of carbonyl (C=O) groups excluding carboxylic acids is 1. The lowest BCUT2D eigenvalue weighted by Crippen LogP contribution is -2.46. The summed E-state index contributed by atoms with van der Waals surface area (Å²) < 4.78 is 1.88. The number of anilines is 1. The van der Waals surface area contributed by atoms with Gasteiger partial charge in [-0.1, -0.05) is 0 Å². The van der Waals surface area contributed by atoms with E-state index in [4.69, 9.17) is 0 Å². The van der Waals surface area contributed by atoms with Crippen LogP contribution in [0.25, 0.3) is 0 Å². The molecule has 2 fully saturated rings. The van der Waals surface area contributed by atoms with Gasteiger partial charge < -0.3 is 9.80 Å². The van der Waals surface area contributed by atoms with Crippen LogP contribution in [0.3, 0.4) is 0 Å². The molecule has 0 spiro atoms. The summed E-state index contributed by atoms with van der Waals surface area (Å²) >= 11 is 0. The molecular formula is C17H23N7O. The van der Waals surface area contributed by atoms with Gasteiger partial charge in [0.1, 0.15) is 12.7 Å². The van der Waals surface area contributed by atoms with Crippen LogP contribution in [0.2, 0.25) is 0 Å². The molecule has 0 saturated carbocycles. The quantitative estimate of drug-likeness (QED) is 0.833. The SMILES string of the molecule is O=C(C1CCN(c2ncccn2)CC1)N1CCC[C@@H](n2cncn2)C1. The summed E-state index contributed by atoms with van der Waals surface area (Å²) in [6, 6.07) is 2.07. The standard InChI is InChI=1S/C17H23N7O/c25-16(23-8-1-3-15(11-23)24-13-18-12-21-24)14-4-9-22(10-5-14)17-19-6-2-7-20-17/h2,6-7,12-15H,1,3-5,8-11H2/t15-/m1/s1. The van der Waals surface area contributed by atoms with Crippen LogP contribution >= 0.6 is 0 Å². The fourth-order valence-corrected chi connectivity index (χ4v) is 3.82. The maximum absolute atomic E-state index is 12.9. The third-order valence-electron chi connectivity index (χ3n) is 5.20. The van der Waals surface area contributed by atoms with Crippen LogP contribution in [0.5, 0.6) is 0 Å². The number of amides is 1. The Bertz CT molecular complexity index is 682. The molecule has 1 atom stereocenters. The Balaban J connectivity index is 1.34. The lowest BCUT2D eigenvalue weighted by molar-refractivity contribution is -0.138. The monoisotopic (exact) mass is 341 g/mol. The fourth-order valence-electron chi connectivity index (χ4n) is 3.82. The molecular weight excluding hydrogens is 318 g/mol. The minimum atomic E-state index is 0.106. The van der Waals surface area contributed by atoms with Crippen molar-refractivity contribution < 1.29 is 4.79 Å². The van der Waals surface area contributed by atoms with Crippen LogP contribution in [0.15, 0.2) is 31.1 Å². The predicted octanol–water partition coefficient (Wildman–Crippen LogP) is 1.15. The molecule has 0 aromatic carbocycles. The van der Waals surface area contributed by atoms with Crippen molar-refractivity contribution in [3.05, 3.63) is 31.1 Å². The normalized spacial score (nSPS) is 22.2. The Morgan fingerprint density at radius 2 is 1.88 bits per heavy atom. The molecule has 2 aliphatic rings. The van der Waals surface area contributed by atoms with E-state index in [1.165, 1.54) is 0 Å². The van der Waals surface area contributed by atoms with Gasteiger partial charge in [0.25, 0.3) is 0 Å². The Kier molecular flexibility index (Phi) is 4.58. The molecule has 1 amide bonds. The van der Waals surface area contributed by atoms with Gasteiger partial charge in [0.05, 0.1) is 6.04 Å². The Hall–Kier alpha value is -2.51. The zero-order valence-electron chi connectivity index (χ0n) is 14.2. The summed E-state index contributed by atoms with van der Waals surface area (Å²) in [5.41, 5.74) is 0. The van der Waals surface area contributed by atoms with Gasteiger partial charge in [-0.3, -0.25) is 4.79 Å². The summed E-state index contributed by atoms with van der Waals surface area (Å²) in [5, 5.41) is 4.24. The summed E-state index contributed by atoms with van der Waals surface area (Å²) in [6.45, 7) is 3.26. The zero-order chi connectivity index (χ0) is 17.1. The van der Waals surface area contributed by atoms with E-state index >= 15 is 0 Å². The highest BCUT2D eigenvalue weighted by Crippen LogP contribution is 2.26. The first-order chi connectivity index (χ1) is 12.3. The average molecular weight is 341 g/mol. The molecule has 2 aromatic rings. The van der Waals surface area contributed by atoms with Crippen LogP contribution in [0.4, 0.5) is 5.95 Å². The first kappa shape index (κ1) is 16.0. The van der Waals surface area contributed by atoms with Crippen molar-refractivity contribution >= 4 is 11.9 Å². The van der Waals surface area contributed by atoms with Crippen LogP contribution in [0, 0.1) is 5.92 Å². The molecule has 0 N–H and O–H groups in total. The van der Waals surface area contributed by atoms with E-state index in [0.717, 1.165) is 57.8 Å². The molecule has 2 aliphatic heterocycles. The molecule has 25 heavy (non-hydrogen) atoms. The summed E-state index contributed by atoms with van der Waals surface area (Å²) in [6.07, 6.45) is 10.6. The highest BCUT2D eigenvalue weighted by atomic mass is 16.2. The number of likely N-dealkylation sites (tertiary alicyclic amines) is 1. The molecule has 8 nitrogen and oxygen atoms in total. The van der Waals surface area contributed by atoms with Gasteiger partial charge in [-0.2, -0.15) is 5.10 Å². The lowest BCUT2D eigenvalue weighted by Gasteiger charge is -2.37. The van der Waals surface area contributed by atoms with E-state index < -0.39 is 0 Å². The van der Waals surface area contributed by atoms with Gasteiger partial charge in [-0.15, -0.1) is 0 Å². The second-order valence-corrected chi connectivity index (χ2v) is 6.77. The third-order valence-corrected chi connectivity index (χ3v) is 5.20. The molecule has 0 bridgehead atoms. The molecule has 8 heteroatoms. The van der Waals surface area contributed by atoms with Crippen LogP contribution < -0.4 is 4.90 Å². The molecule has 4 rings (SSSR count). The molecule has 0 unspecified atom stereocenters. The van der Waals surface area contributed by atoms with Gasteiger partial charge in [0, 0.05) is 44.5 Å². The van der Waals surface area contributed by atoms with Crippen LogP contribution in [-0.4, -0.2) is 61.7 Å². The second-order valence-electron chi connectivity index (χ2n) is 6.77. The zero-order valence-corrected chi connectivity index (χ0v) is 14.2. The number of hydrogen-bond donors (Lipinski definition) is 0. The van der Waals surface area contributed by atoms with Crippen molar-refractivity contribution in [2.75, 3.05) is 31.1 Å². The fraction of sp³-hybridized carbons (Fsp3) is 0.588. The predicted molar refractivity (Wildman–Crippen MR) is 91.8 cm³/mol. The third kappa shape index (κ3) is 3.47. The van der Waals surface area contributed by atoms with Crippen molar-refractivity contribution in [2.45, 2.75) is 31.7 Å². The van der Waals surface area contributed by atoms with Crippen LogP contribution in [0.1, 0.15) is 31.7 Å². The number of hydrogen-bond acceptors (Lipinski definition) is 6. The smallest absolute Gasteiger partial charge is 0.225 e. The Labute approximate surface area is 146 Å². The van der Waals surface area contributed by atoms with Gasteiger partial charge in [0.2, 0.25) is 11.9 Å². The second kappa shape index (κ2) is 7.16. The molecule has 132 valence electrons. The van der Waals surface area contributed by atoms with Gasteiger partial charge in [-0.05, 0) is 31.7 Å². The molecule has 2 aromatic heterocycles. The topological polar surface area (TPSA) is 80.0 Å².